The lowest BCUT2D eigenvalue weighted by Crippen LogP contribution is -2.31. The lowest BCUT2D eigenvalue weighted by molar-refractivity contribution is 0.0955. The van der Waals surface area contributed by atoms with Crippen molar-refractivity contribution in [2.24, 2.45) is 0 Å². The van der Waals surface area contributed by atoms with Crippen LogP contribution in [0, 0.1) is 6.92 Å². The van der Waals surface area contributed by atoms with Crippen LogP contribution in [-0.4, -0.2) is 47.2 Å². The molecule has 4 aromatic rings. The number of fused-ring (bicyclic) bond motifs is 1. The monoisotopic (exact) mass is 456 g/mol. The third-order valence-corrected chi connectivity index (χ3v) is 5.99. The third-order valence-electron chi connectivity index (χ3n) is 5.99. The largest absolute Gasteiger partial charge is 0.356 e. The molecular formula is C26H28N6O2. The van der Waals surface area contributed by atoms with Gasteiger partial charge >= 0.3 is 0 Å². The van der Waals surface area contributed by atoms with Crippen LogP contribution in [0.3, 0.4) is 0 Å². The van der Waals surface area contributed by atoms with E-state index in [9.17, 15) is 4.79 Å². The van der Waals surface area contributed by atoms with Crippen molar-refractivity contribution >= 4 is 28.6 Å². The fraction of sp³-hybridized carbons (Fsp3) is 0.308. The van der Waals surface area contributed by atoms with Crippen molar-refractivity contribution in [1.29, 1.82) is 0 Å². The van der Waals surface area contributed by atoms with E-state index in [-0.39, 0.29) is 5.91 Å². The highest BCUT2D eigenvalue weighted by Gasteiger charge is 2.15. The Hall–Kier alpha value is -3.94. The van der Waals surface area contributed by atoms with Gasteiger partial charge in [-0.1, -0.05) is 35.5 Å². The van der Waals surface area contributed by atoms with Gasteiger partial charge in [-0.25, -0.2) is 4.98 Å². The maximum atomic E-state index is 12.8. The first kappa shape index (κ1) is 21.9. The summed E-state index contributed by atoms with van der Waals surface area (Å²) < 4.78 is 5.54. The summed E-state index contributed by atoms with van der Waals surface area (Å²) in [4.78, 5) is 24.2. The Bertz CT molecular complexity index is 1280. The van der Waals surface area contributed by atoms with E-state index in [0.29, 0.717) is 30.4 Å². The molecule has 1 amide bonds. The minimum absolute atomic E-state index is 0.150. The van der Waals surface area contributed by atoms with Gasteiger partial charge in [0.25, 0.3) is 5.91 Å². The molecule has 1 fully saturated rings. The number of hydrogen-bond donors (Lipinski definition) is 2. The highest BCUT2D eigenvalue weighted by atomic mass is 16.5. The number of aryl methyl sites for hydroxylation is 1. The molecule has 1 aliphatic heterocycles. The Morgan fingerprint density at radius 3 is 2.65 bits per heavy atom. The molecule has 0 atom stereocenters. The molecule has 2 aromatic carbocycles. The number of carbonyl (C=O) groups is 1. The van der Waals surface area contributed by atoms with Crippen LogP contribution in [0.15, 0.2) is 59.1 Å². The molecule has 8 nitrogen and oxygen atoms in total. The van der Waals surface area contributed by atoms with Crippen molar-refractivity contribution in [2.45, 2.75) is 26.2 Å². The molecule has 0 unspecified atom stereocenters. The molecule has 3 heterocycles. The van der Waals surface area contributed by atoms with Gasteiger partial charge in [0.1, 0.15) is 11.3 Å². The number of carbonyl (C=O) groups excluding carboxylic acids is 1. The fourth-order valence-corrected chi connectivity index (χ4v) is 4.25. The van der Waals surface area contributed by atoms with Crippen molar-refractivity contribution in [2.75, 3.05) is 36.4 Å². The van der Waals surface area contributed by atoms with E-state index in [1.807, 2.05) is 49.4 Å². The molecule has 2 aromatic heterocycles. The number of piperidine rings is 1. The molecule has 0 aliphatic carbocycles. The summed E-state index contributed by atoms with van der Waals surface area (Å²) in [6.45, 7) is 5.03. The SMILES string of the molecule is Cc1cc(N2CCCCC2)nc(NCCNC(=O)c2ccc3noc(-c4ccccc4)c3c2)n1. The van der Waals surface area contributed by atoms with Crippen LogP contribution >= 0.6 is 0 Å². The standard InChI is InChI=1S/C26H28N6O2/c1-18-16-23(32-14-6-3-7-15-32)30-26(29-18)28-13-12-27-25(33)20-10-11-22-21(17-20)24(34-31-22)19-8-4-2-5-9-19/h2,4-5,8-11,16-17H,3,6-7,12-15H2,1H3,(H,27,33)(H,28,29,30). The zero-order valence-corrected chi connectivity index (χ0v) is 19.3. The number of aromatic nitrogens is 3. The molecule has 2 N–H and O–H groups in total. The maximum absolute atomic E-state index is 12.8. The topological polar surface area (TPSA) is 96.2 Å². The van der Waals surface area contributed by atoms with Crippen molar-refractivity contribution in [3.8, 4) is 11.3 Å². The van der Waals surface area contributed by atoms with Gasteiger partial charge in [0.05, 0.1) is 5.39 Å². The van der Waals surface area contributed by atoms with E-state index < -0.39 is 0 Å². The predicted molar refractivity (Wildman–Crippen MR) is 133 cm³/mol. The van der Waals surface area contributed by atoms with Crippen molar-refractivity contribution in [1.82, 2.24) is 20.4 Å². The Kier molecular flexibility index (Phi) is 6.38. The van der Waals surface area contributed by atoms with E-state index in [0.717, 1.165) is 41.1 Å². The molecule has 174 valence electrons. The predicted octanol–water partition coefficient (Wildman–Crippen LogP) is 4.43. The second-order valence-corrected chi connectivity index (χ2v) is 8.53. The molecule has 0 saturated carbocycles. The lowest BCUT2D eigenvalue weighted by Gasteiger charge is -2.28. The number of hydrogen-bond acceptors (Lipinski definition) is 7. The highest BCUT2D eigenvalue weighted by Crippen LogP contribution is 2.29. The summed E-state index contributed by atoms with van der Waals surface area (Å²) >= 11 is 0. The molecule has 1 saturated heterocycles. The van der Waals surface area contributed by atoms with E-state index in [4.69, 9.17) is 4.52 Å². The lowest BCUT2D eigenvalue weighted by atomic mass is 10.1. The number of nitrogens with one attached hydrogen (secondary N) is 2. The first-order chi connectivity index (χ1) is 16.7. The van der Waals surface area contributed by atoms with Crippen LogP contribution in [0.2, 0.25) is 0 Å². The number of anilines is 2. The van der Waals surface area contributed by atoms with Gasteiger partial charge in [0.2, 0.25) is 5.95 Å². The zero-order valence-electron chi connectivity index (χ0n) is 19.3. The average molecular weight is 457 g/mol. The van der Waals surface area contributed by atoms with Crippen LogP contribution < -0.4 is 15.5 Å². The second kappa shape index (κ2) is 9.91. The summed E-state index contributed by atoms with van der Waals surface area (Å²) in [5.41, 5.74) is 3.14. The van der Waals surface area contributed by atoms with Crippen molar-refractivity contribution in [3.05, 3.63) is 65.9 Å². The summed E-state index contributed by atoms with van der Waals surface area (Å²) in [5, 5.41) is 11.1. The number of amides is 1. The van der Waals surface area contributed by atoms with Crippen LogP contribution in [0.25, 0.3) is 22.2 Å². The molecule has 0 radical (unpaired) electrons. The normalized spacial score (nSPS) is 13.7. The van der Waals surface area contributed by atoms with Gasteiger partial charge in [0.15, 0.2) is 5.76 Å². The van der Waals surface area contributed by atoms with E-state index in [2.05, 4.69) is 30.7 Å². The Morgan fingerprint density at radius 2 is 1.82 bits per heavy atom. The smallest absolute Gasteiger partial charge is 0.251 e. The van der Waals surface area contributed by atoms with Gasteiger partial charge in [-0.2, -0.15) is 4.98 Å². The summed E-state index contributed by atoms with van der Waals surface area (Å²) in [6.07, 6.45) is 3.68. The Labute approximate surface area is 198 Å². The molecule has 5 rings (SSSR count). The first-order valence-corrected chi connectivity index (χ1v) is 11.7. The fourth-order valence-electron chi connectivity index (χ4n) is 4.25. The second-order valence-electron chi connectivity index (χ2n) is 8.53. The van der Waals surface area contributed by atoms with Crippen molar-refractivity contribution < 1.29 is 9.32 Å². The molecule has 0 spiro atoms. The van der Waals surface area contributed by atoms with Crippen LogP contribution in [-0.2, 0) is 0 Å². The van der Waals surface area contributed by atoms with Gasteiger partial charge in [-0.15, -0.1) is 0 Å². The molecule has 8 heteroatoms. The minimum atomic E-state index is -0.150. The van der Waals surface area contributed by atoms with Gasteiger partial charge in [-0.05, 0) is 44.4 Å². The van der Waals surface area contributed by atoms with E-state index >= 15 is 0 Å². The summed E-state index contributed by atoms with van der Waals surface area (Å²) in [5.74, 6) is 2.07. The number of nitrogens with zero attached hydrogens (tertiary/aromatic N) is 4. The van der Waals surface area contributed by atoms with Gasteiger partial charge in [0, 0.05) is 49.1 Å². The van der Waals surface area contributed by atoms with Gasteiger partial charge in [-0.3, -0.25) is 4.79 Å². The minimum Gasteiger partial charge on any atom is -0.356 e. The third kappa shape index (κ3) is 4.85. The number of benzene rings is 2. The average Bonchev–Trinajstić information content (AvgIpc) is 3.30. The molecular weight excluding hydrogens is 428 g/mol. The molecule has 0 bridgehead atoms. The van der Waals surface area contributed by atoms with Crippen LogP contribution in [0.1, 0.15) is 35.3 Å². The summed E-state index contributed by atoms with van der Waals surface area (Å²) in [7, 11) is 0. The van der Waals surface area contributed by atoms with Crippen LogP contribution in [0.5, 0.6) is 0 Å². The van der Waals surface area contributed by atoms with E-state index in [1.165, 1.54) is 19.3 Å². The van der Waals surface area contributed by atoms with Crippen molar-refractivity contribution in [3.63, 3.8) is 0 Å². The van der Waals surface area contributed by atoms with Crippen LogP contribution in [0.4, 0.5) is 11.8 Å². The quantitative estimate of drug-likeness (QED) is 0.397. The Balaban J connectivity index is 1.20. The summed E-state index contributed by atoms with van der Waals surface area (Å²) in [6, 6.07) is 17.2. The maximum Gasteiger partial charge on any atom is 0.251 e. The van der Waals surface area contributed by atoms with E-state index in [1.54, 1.807) is 12.1 Å². The first-order valence-electron chi connectivity index (χ1n) is 11.7. The van der Waals surface area contributed by atoms with Gasteiger partial charge < -0.3 is 20.1 Å². The Morgan fingerprint density at radius 1 is 1.00 bits per heavy atom. The zero-order chi connectivity index (χ0) is 23.3. The number of rotatable bonds is 7. The molecule has 34 heavy (non-hydrogen) atoms. The molecule has 1 aliphatic rings. The highest BCUT2D eigenvalue weighted by molar-refractivity contribution is 6.00.